The lowest BCUT2D eigenvalue weighted by Crippen LogP contribution is -2.36. The zero-order chi connectivity index (χ0) is 18.2. The number of hydrogen-bond donors (Lipinski definition) is 2. The predicted octanol–water partition coefficient (Wildman–Crippen LogP) is 2.63. The van der Waals surface area contributed by atoms with Gasteiger partial charge in [-0.2, -0.15) is 5.10 Å². The van der Waals surface area contributed by atoms with Gasteiger partial charge in [0, 0.05) is 25.2 Å². The molecule has 26 heavy (non-hydrogen) atoms. The van der Waals surface area contributed by atoms with E-state index in [9.17, 15) is 0 Å². The van der Waals surface area contributed by atoms with Gasteiger partial charge in [-0.1, -0.05) is 47.7 Å². The zero-order valence-electron chi connectivity index (χ0n) is 14.4. The molecule has 1 aromatic carbocycles. The Kier molecular flexibility index (Phi) is 6.70. The van der Waals surface area contributed by atoms with E-state index in [2.05, 4.69) is 39.5 Å². The lowest BCUT2D eigenvalue weighted by molar-refractivity contribution is 0.122. The third-order valence-electron chi connectivity index (χ3n) is 3.73. The quantitative estimate of drug-likeness (QED) is 0.344. The maximum absolute atomic E-state index is 5.44. The number of hydrazone groups is 1. The van der Waals surface area contributed by atoms with Crippen LogP contribution in [0, 0.1) is 0 Å². The van der Waals surface area contributed by atoms with Gasteiger partial charge in [0.05, 0.1) is 30.0 Å². The van der Waals surface area contributed by atoms with Gasteiger partial charge in [-0.15, -0.1) is 6.58 Å². The minimum atomic E-state index is 0.459. The van der Waals surface area contributed by atoms with E-state index in [4.69, 9.17) is 21.9 Å². The van der Waals surface area contributed by atoms with Gasteiger partial charge in [0.2, 0.25) is 0 Å². The summed E-state index contributed by atoms with van der Waals surface area (Å²) in [7, 11) is 0. The van der Waals surface area contributed by atoms with Crippen molar-refractivity contribution in [2.24, 2.45) is 5.10 Å². The van der Waals surface area contributed by atoms with Crippen LogP contribution >= 0.6 is 23.6 Å². The molecule has 0 radical (unpaired) electrons. The van der Waals surface area contributed by atoms with Crippen LogP contribution < -0.4 is 15.6 Å². The van der Waals surface area contributed by atoms with Gasteiger partial charge in [0.25, 0.3) is 0 Å². The summed E-state index contributed by atoms with van der Waals surface area (Å²) in [5, 5.41) is 8.67. The maximum Gasteiger partial charge on any atom is 0.187 e. The molecule has 0 spiro atoms. The molecule has 1 saturated heterocycles. The van der Waals surface area contributed by atoms with Crippen molar-refractivity contribution in [1.82, 2.24) is 15.7 Å². The van der Waals surface area contributed by atoms with Gasteiger partial charge in [0.15, 0.2) is 10.2 Å². The summed E-state index contributed by atoms with van der Waals surface area (Å²) < 4.78 is 5.44. The van der Waals surface area contributed by atoms with Gasteiger partial charge in [0.1, 0.15) is 0 Å². The molecular weight excluding hydrogens is 366 g/mol. The number of benzene rings is 1. The second kappa shape index (κ2) is 9.42. The molecule has 1 fully saturated rings. The van der Waals surface area contributed by atoms with Crippen LogP contribution in [0.3, 0.4) is 0 Å². The molecule has 2 N–H and O–H groups in total. The molecule has 0 amide bonds. The largest absolute Gasteiger partial charge is 0.378 e. The molecule has 3 rings (SSSR count). The molecule has 6 nitrogen and oxygen atoms in total. The summed E-state index contributed by atoms with van der Waals surface area (Å²) >= 11 is 6.77. The Morgan fingerprint density at radius 3 is 2.85 bits per heavy atom. The number of hydrogen-bond acceptors (Lipinski definition) is 6. The second-order valence-electron chi connectivity index (χ2n) is 5.54. The highest BCUT2D eigenvalue weighted by atomic mass is 32.1. The van der Waals surface area contributed by atoms with Crippen LogP contribution in [-0.2, 0) is 4.74 Å². The normalized spacial score (nSPS) is 14.4. The first-order valence-corrected chi connectivity index (χ1v) is 9.57. The first kappa shape index (κ1) is 18.5. The Morgan fingerprint density at radius 1 is 1.35 bits per heavy atom. The molecule has 136 valence electrons. The number of ether oxygens (including phenoxy) is 1. The highest BCUT2D eigenvalue weighted by molar-refractivity contribution is 7.80. The van der Waals surface area contributed by atoms with Crippen LogP contribution in [0.15, 0.2) is 48.1 Å². The highest BCUT2D eigenvalue weighted by Crippen LogP contribution is 2.32. The van der Waals surface area contributed by atoms with Crippen LogP contribution in [0.2, 0.25) is 0 Å². The highest BCUT2D eigenvalue weighted by Gasteiger charge is 2.18. The molecule has 0 aliphatic carbocycles. The van der Waals surface area contributed by atoms with E-state index in [-0.39, 0.29) is 0 Å². The van der Waals surface area contributed by atoms with Crippen molar-refractivity contribution in [3.63, 3.8) is 0 Å². The third-order valence-corrected chi connectivity index (χ3v) is 5.01. The Hall–Kier alpha value is -2.29. The summed E-state index contributed by atoms with van der Waals surface area (Å²) in [5.41, 5.74) is 4.81. The number of rotatable bonds is 6. The lowest BCUT2D eigenvalue weighted by Gasteiger charge is -2.26. The molecule has 1 aliphatic heterocycles. The van der Waals surface area contributed by atoms with E-state index < -0.39 is 0 Å². The number of nitrogens with one attached hydrogen (secondary N) is 2. The van der Waals surface area contributed by atoms with Gasteiger partial charge in [-0.25, -0.2) is 4.98 Å². The van der Waals surface area contributed by atoms with Crippen LogP contribution in [0.25, 0.3) is 11.3 Å². The van der Waals surface area contributed by atoms with E-state index in [0.29, 0.717) is 11.7 Å². The van der Waals surface area contributed by atoms with E-state index in [0.717, 1.165) is 47.6 Å². The summed E-state index contributed by atoms with van der Waals surface area (Å²) in [4.78, 5) is 8.09. The first-order chi connectivity index (χ1) is 12.8. The van der Waals surface area contributed by atoms with Crippen molar-refractivity contribution in [2.75, 3.05) is 37.7 Å². The monoisotopic (exact) mass is 387 g/mol. The van der Waals surface area contributed by atoms with Crippen LogP contribution in [0.1, 0.15) is 4.88 Å². The Labute approximate surface area is 162 Å². The summed E-state index contributed by atoms with van der Waals surface area (Å²) in [6.07, 6.45) is 3.51. The Bertz CT molecular complexity index is 769. The number of aromatic nitrogens is 1. The van der Waals surface area contributed by atoms with Crippen molar-refractivity contribution in [2.45, 2.75) is 0 Å². The molecule has 0 bridgehead atoms. The summed E-state index contributed by atoms with van der Waals surface area (Å²) in [6.45, 7) is 7.41. The average Bonchev–Trinajstić information content (AvgIpc) is 3.12. The summed E-state index contributed by atoms with van der Waals surface area (Å²) in [5.74, 6) is 0. The zero-order valence-corrected chi connectivity index (χ0v) is 16.0. The van der Waals surface area contributed by atoms with E-state index in [1.165, 1.54) is 0 Å². The number of thiazole rings is 1. The number of thiocarbonyl (C=S) groups is 1. The molecule has 0 unspecified atom stereocenters. The molecule has 8 heteroatoms. The lowest BCUT2D eigenvalue weighted by atomic mass is 10.1. The number of anilines is 1. The Balaban J connectivity index is 1.81. The van der Waals surface area contributed by atoms with Gasteiger partial charge in [-0.05, 0) is 12.2 Å². The fourth-order valence-electron chi connectivity index (χ4n) is 2.45. The minimum absolute atomic E-state index is 0.459. The van der Waals surface area contributed by atoms with Crippen LogP contribution in [-0.4, -0.2) is 49.2 Å². The summed E-state index contributed by atoms with van der Waals surface area (Å²) in [6, 6.07) is 10.1. The predicted molar refractivity (Wildman–Crippen MR) is 112 cm³/mol. The maximum atomic E-state index is 5.44. The first-order valence-electron chi connectivity index (χ1n) is 8.34. The molecule has 1 aliphatic rings. The smallest absolute Gasteiger partial charge is 0.187 e. The standard InChI is InChI=1S/C18H21N5OS2/c1-2-8-19-17(25)22-20-13-15-16(14-6-4-3-5-7-14)21-18(26-15)23-9-11-24-12-10-23/h2-7,13H,1,8-12H2,(H2,19,22,25)/b20-13-. The fraction of sp³-hybridized carbons (Fsp3) is 0.278. The topological polar surface area (TPSA) is 61.8 Å². The van der Waals surface area contributed by atoms with Crippen LogP contribution in [0.4, 0.5) is 5.13 Å². The number of nitrogens with zero attached hydrogens (tertiary/aromatic N) is 3. The Morgan fingerprint density at radius 2 is 2.12 bits per heavy atom. The van der Waals surface area contributed by atoms with E-state index in [1.807, 2.05) is 18.2 Å². The molecule has 0 atom stereocenters. The molecule has 0 saturated carbocycles. The van der Waals surface area contributed by atoms with Gasteiger partial charge in [-0.3, -0.25) is 5.43 Å². The van der Waals surface area contributed by atoms with Crippen molar-refractivity contribution in [3.8, 4) is 11.3 Å². The van der Waals surface area contributed by atoms with Crippen LogP contribution in [0.5, 0.6) is 0 Å². The molecule has 2 heterocycles. The molecule has 1 aromatic heterocycles. The molecule has 2 aromatic rings. The van der Waals surface area contributed by atoms with E-state index >= 15 is 0 Å². The third kappa shape index (κ3) is 4.87. The van der Waals surface area contributed by atoms with Crippen molar-refractivity contribution in [3.05, 3.63) is 47.9 Å². The van der Waals surface area contributed by atoms with Crippen molar-refractivity contribution in [1.29, 1.82) is 0 Å². The number of morpholine rings is 1. The van der Waals surface area contributed by atoms with Crippen molar-refractivity contribution >= 4 is 40.0 Å². The molecular formula is C18H21N5OS2. The SMILES string of the molecule is C=CCNC(=S)N/N=C\c1sc(N2CCOCC2)nc1-c1ccccc1. The van der Waals surface area contributed by atoms with Crippen molar-refractivity contribution < 1.29 is 4.74 Å². The van der Waals surface area contributed by atoms with Gasteiger partial charge >= 0.3 is 0 Å². The fourth-order valence-corrected chi connectivity index (χ4v) is 3.60. The second-order valence-corrected chi connectivity index (χ2v) is 6.96. The van der Waals surface area contributed by atoms with Gasteiger partial charge < -0.3 is 15.0 Å². The minimum Gasteiger partial charge on any atom is -0.378 e. The average molecular weight is 388 g/mol. The van der Waals surface area contributed by atoms with E-state index in [1.54, 1.807) is 23.6 Å².